The Balaban J connectivity index is 1.33. The highest BCUT2D eigenvalue weighted by atomic mass is 15.0. The summed E-state index contributed by atoms with van der Waals surface area (Å²) in [5.41, 5.74) is 11.0. The van der Waals surface area contributed by atoms with Crippen LogP contribution in [0.5, 0.6) is 0 Å². The van der Waals surface area contributed by atoms with E-state index in [9.17, 15) is 5.26 Å². The first kappa shape index (κ1) is 27.4. The van der Waals surface area contributed by atoms with Gasteiger partial charge < -0.3 is 9.13 Å². The highest BCUT2D eigenvalue weighted by Crippen LogP contribution is 2.45. The van der Waals surface area contributed by atoms with Gasteiger partial charge in [0, 0.05) is 21.5 Å². The van der Waals surface area contributed by atoms with Gasteiger partial charge in [0.15, 0.2) is 5.69 Å². The van der Waals surface area contributed by atoms with Crippen molar-refractivity contribution < 1.29 is 0 Å². The van der Waals surface area contributed by atoms with Crippen LogP contribution in [0.4, 0.5) is 5.69 Å². The van der Waals surface area contributed by atoms with Gasteiger partial charge in [0.2, 0.25) is 0 Å². The van der Waals surface area contributed by atoms with Crippen molar-refractivity contribution in [2.24, 2.45) is 0 Å². The molecule has 0 aliphatic rings. The lowest BCUT2D eigenvalue weighted by Gasteiger charge is -2.19. The number of aromatic nitrogens is 2. The van der Waals surface area contributed by atoms with Crippen LogP contribution in [0.15, 0.2) is 158 Å². The van der Waals surface area contributed by atoms with Crippen molar-refractivity contribution in [1.82, 2.24) is 9.13 Å². The molecule has 0 atom stereocenters. The molecule has 48 heavy (non-hydrogen) atoms. The molecule has 0 radical (unpaired) electrons. The highest BCUT2D eigenvalue weighted by Gasteiger charge is 2.21. The molecule has 9 aromatic rings. The predicted molar refractivity (Wildman–Crippen MR) is 197 cm³/mol. The lowest BCUT2D eigenvalue weighted by molar-refractivity contribution is 1.17. The van der Waals surface area contributed by atoms with Gasteiger partial charge in [0.05, 0.1) is 45.6 Å². The zero-order valence-corrected chi connectivity index (χ0v) is 25.8. The number of hydrogen-bond donors (Lipinski definition) is 0. The molecule has 7 aromatic carbocycles. The van der Waals surface area contributed by atoms with Gasteiger partial charge in [-0.15, -0.1) is 0 Å². The van der Waals surface area contributed by atoms with Crippen LogP contribution >= 0.6 is 0 Å². The third kappa shape index (κ3) is 4.01. The SMILES string of the molecule is [C-]#[N+]c1cccc(-c2ccc(C#N)c(-n3c4ccccc4c4ccccc43)c2)c1-c1ccccc1-n1c2ccccc2c2ccccc21. The van der Waals surface area contributed by atoms with Crippen molar-refractivity contribution in [3.8, 4) is 39.7 Å². The first-order valence-corrected chi connectivity index (χ1v) is 15.9. The monoisotopic (exact) mass is 610 g/mol. The van der Waals surface area contributed by atoms with Crippen molar-refractivity contribution in [2.75, 3.05) is 0 Å². The van der Waals surface area contributed by atoms with E-state index >= 15 is 0 Å². The maximum absolute atomic E-state index is 10.3. The number of rotatable bonds is 4. The maximum Gasteiger partial charge on any atom is 0.195 e. The minimum Gasteiger partial charge on any atom is -0.309 e. The molecule has 4 nitrogen and oxygen atoms in total. The van der Waals surface area contributed by atoms with E-state index in [0.29, 0.717) is 11.3 Å². The van der Waals surface area contributed by atoms with Gasteiger partial charge in [0.1, 0.15) is 6.07 Å². The highest BCUT2D eigenvalue weighted by molar-refractivity contribution is 6.11. The Kier molecular flexibility index (Phi) is 6.22. The number of nitriles is 1. The topological polar surface area (TPSA) is 38.0 Å². The fraction of sp³-hybridized carbons (Fsp3) is 0. The molecule has 0 N–H and O–H groups in total. The average Bonchev–Trinajstić information content (AvgIpc) is 3.67. The first-order chi connectivity index (χ1) is 23.8. The third-order valence-corrected chi connectivity index (χ3v) is 9.41. The molecule has 0 aliphatic heterocycles. The van der Waals surface area contributed by atoms with Crippen LogP contribution in [0.3, 0.4) is 0 Å². The van der Waals surface area contributed by atoms with Crippen molar-refractivity contribution in [3.63, 3.8) is 0 Å². The van der Waals surface area contributed by atoms with Crippen molar-refractivity contribution in [3.05, 3.63) is 175 Å². The second-order valence-electron chi connectivity index (χ2n) is 11.9. The molecular weight excluding hydrogens is 585 g/mol. The summed E-state index contributed by atoms with van der Waals surface area (Å²) < 4.78 is 4.50. The summed E-state index contributed by atoms with van der Waals surface area (Å²) >= 11 is 0. The minimum atomic E-state index is 0.573. The largest absolute Gasteiger partial charge is 0.309 e. The van der Waals surface area contributed by atoms with Crippen LogP contribution in [0.25, 0.3) is 82.1 Å². The lowest BCUT2D eigenvalue weighted by Crippen LogP contribution is -2.00. The summed E-state index contributed by atoms with van der Waals surface area (Å²) in [6.45, 7) is 8.27. The fourth-order valence-corrected chi connectivity index (χ4v) is 7.38. The summed E-state index contributed by atoms with van der Waals surface area (Å²) in [6.07, 6.45) is 0. The number of hydrogen-bond acceptors (Lipinski definition) is 1. The fourth-order valence-electron chi connectivity index (χ4n) is 7.38. The normalized spacial score (nSPS) is 11.3. The summed E-state index contributed by atoms with van der Waals surface area (Å²) in [6, 6.07) is 56.4. The van der Waals surface area contributed by atoms with Crippen molar-refractivity contribution in [2.45, 2.75) is 0 Å². The van der Waals surface area contributed by atoms with Crippen LogP contribution in [0.2, 0.25) is 0 Å². The molecular formula is C44H26N4. The molecule has 4 heteroatoms. The number of nitrogens with zero attached hydrogens (tertiary/aromatic N) is 4. The van der Waals surface area contributed by atoms with Crippen LogP contribution in [-0.4, -0.2) is 9.13 Å². The van der Waals surface area contributed by atoms with E-state index in [1.165, 1.54) is 10.8 Å². The van der Waals surface area contributed by atoms with Gasteiger partial charge >= 0.3 is 0 Å². The Labute approximate surface area is 277 Å². The van der Waals surface area contributed by atoms with Gasteiger partial charge in [-0.05, 0) is 64.7 Å². The molecule has 0 saturated heterocycles. The van der Waals surface area contributed by atoms with E-state index in [1.54, 1.807) is 0 Å². The van der Waals surface area contributed by atoms with Crippen LogP contribution in [0, 0.1) is 17.9 Å². The average molecular weight is 611 g/mol. The molecule has 0 unspecified atom stereocenters. The summed E-state index contributed by atoms with van der Waals surface area (Å²) in [5.74, 6) is 0. The molecule has 9 rings (SSSR count). The van der Waals surface area contributed by atoms with Gasteiger partial charge in [-0.1, -0.05) is 115 Å². The Morgan fingerprint density at radius 2 is 0.958 bits per heavy atom. The Morgan fingerprint density at radius 1 is 0.479 bits per heavy atom. The van der Waals surface area contributed by atoms with E-state index < -0.39 is 0 Å². The number of fused-ring (bicyclic) bond motifs is 6. The molecule has 0 saturated carbocycles. The molecule has 222 valence electrons. The van der Waals surface area contributed by atoms with Gasteiger partial charge in [-0.2, -0.15) is 5.26 Å². The Morgan fingerprint density at radius 3 is 1.50 bits per heavy atom. The van der Waals surface area contributed by atoms with Crippen LogP contribution in [-0.2, 0) is 0 Å². The maximum atomic E-state index is 10.3. The molecule has 0 bridgehead atoms. The zero-order chi connectivity index (χ0) is 32.2. The van der Waals surface area contributed by atoms with Crippen LogP contribution in [0.1, 0.15) is 5.56 Å². The zero-order valence-electron chi connectivity index (χ0n) is 25.8. The lowest BCUT2D eigenvalue weighted by atomic mass is 9.91. The van der Waals surface area contributed by atoms with E-state index in [2.05, 4.69) is 135 Å². The smallest absolute Gasteiger partial charge is 0.195 e. The molecule has 0 aliphatic carbocycles. The summed E-state index contributed by atoms with van der Waals surface area (Å²) in [7, 11) is 0. The van der Waals surface area contributed by atoms with Gasteiger partial charge in [-0.25, -0.2) is 4.85 Å². The van der Waals surface area contributed by atoms with Crippen LogP contribution < -0.4 is 0 Å². The van der Waals surface area contributed by atoms with Gasteiger partial charge in [0.25, 0.3) is 0 Å². The van der Waals surface area contributed by atoms with Crippen molar-refractivity contribution >= 4 is 49.3 Å². The number of benzene rings is 7. The van der Waals surface area contributed by atoms with E-state index in [1.807, 2.05) is 42.5 Å². The quantitative estimate of drug-likeness (QED) is 0.183. The Bertz CT molecular complexity index is 2710. The van der Waals surface area contributed by atoms with E-state index in [-0.39, 0.29) is 0 Å². The van der Waals surface area contributed by atoms with E-state index in [4.69, 9.17) is 6.57 Å². The predicted octanol–water partition coefficient (Wildman–Crippen LogP) is 11.6. The van der Waals surface area contributed by atoms with Gasteiger partial charge in [-0.3, -0.25) is 0 Å². The van der Waals surface area contributed by atoms with E-state index in [0.717, 1.165) is 66.5 Å². The number of para-hydroxylation sites is 5. The molecule has 2 heterocycles. The summed E-state index contributed by atoms with van der Waals surface area (Å²) in [5, 5.41) is 15.0. The first-order valence-electron chi connectivity index (χ1n) is 15.9. The third-order valence-electron chi connectivity index (χ3n) is 9.41. The van der Waals surface area contributed by atoms with Crippen molar-refractivity contribution in [1.29, 1.82) is 5.26 Å². The second-order valence-corrected chi connectivity index (χ2v) is 11.9. The minimum absolute atomic E-state index is 0.573. The standard InChI is InChI=1S/C44H26N4/c1-46-37-19-12-18-31(29-25-26-30(28-45)43(27-29)48-40-22-9-4-15-34(40)35-16-5-10-23-41(35)48)44(37)36-17-6-11-24-42(36)47-38-20-7-2-13-32(38)33-14-3-8-21-39(33)47/h2-27H. The molecule has 0 amide bonds. The molecule has 2 aromatic heterocycles. The molecule has 0 spiro atoms. The summed E-state index contributed by atoms with van der Waals surface area (Å²) in [4.78, 5) is 4.05. The second kappa shape index (κ2) is 10.9. The Hall–Kier alpha value is -6.88. The molecule has 0 fully saturated rings.